The molecule has 0 radical (unpaired) electrons. The average molecular weight is 299 g/mol. The Labute approximate surface area is 126 Å². The quantitative estimate of drug-likeness (QED) is 0.874. The van der Waals surface area contributed by atoms with E-state index in [4.69, 9.17) is 5.11 Å². The van der Waals surface area contributed by atoms with E-state index >= 15 is 0 Å². The monoisotopic (exact) mass is 298 g/mol. The summed E-state index contributed by atoms with van der Waals surface area (Å²) in [5.74, 6) is -0.907. The normalized spacial score (nSPS) is 14.4. The maximum atomic E-state index is 11.0. The zero-order chi connectivity index (χ0) is 13.7. The molecule has 1 N–H and O–H groups in total. The number of rotatable bonds is 1. The van der Waals surface area contributed by atoms with Gasteiger partial charge in [-0.2, -0.15) is 0 Å². The molecule has 2 heterocycles. The number of carboxylic acids is 1. The second-order valence-electron chi connectivity index (χ2n) is 4.92. The zero-order valence-electron chi connectivity index (χ0n) is 10.9. The molecule has 0 saturated heterocycles. The van der Waals surface area contributed by atoms with E-state index < -0.39 is 5.97 Å². The Morgan fingerprint density at radius 3 is 2.90 bits per heavy atom. The smallest absolute Gasteiger partial charge is 0.333 e. The van der Waals surface area contributed by atoms with Crippen molar-refractivity contribution >= 4 is 47.1 Å². The first-order chi connectivity index (χ1) is 9.72. The van der Waals surface area contributed by atoms with Crippen LogP contribution in [0.1, 0.15) is 5.56 Å². The van der Waals surface area contributed by atoms with Crippen molar-refractivity contribution in [3.05, 3.63) is 52.2 Å². The number of aliphatic imine (C=N–C) groups is 1. The third kappa shape index (κ3) is 2.04. The molecule has 104 valence electrons. The van der Waals surface area contributed by atoms with Gasteiger partial charge in [0.25, 0.3) is 0 Å². The molecule has 0 unspecified atom stereocenters. The lowest BCUT2D eigenvalue weighted by Gasteiger charge is -2.10. The lowest BCUT2D eigenvalue weighted by Crippen LogP contribution is -2.19. The largest absolute Gasteiger partial charge is 0.478 e. The molecule has 21 heavy (non-hydrogen) atoms. The van der Waals surface area contributed by atoms with Crippen LogP contribution < -0.4 is 10.6 Å². The maximum absolute atomic E-state index is 11.0. The minimum atomic E-state index is -0.907. The first-order valence-electron chi connectivity index (χ1n) is 6.32. The highest BCUT2D eigenvalue weighted by atomic mass is 35.5. The number of carbonyl (C=O) groups is 1. The van der Waals surface area contributed by atoms with Crippen LogP contribution in [0.3, 0.4) is 0 Å². The van der Waals surface area contributed by atoms with E-state index in [0.717, 1.165) is 32.6 Å². The Bertz CT molecular complexity index is 958. The highest BCUT2D eigenvalue weighted by Gasteiger charge is 2.15. The van der Waals surface area contributed by atoms with Gasteiger partial charge in [0.15, 0.2) is 0 Å². The van der Waals surface area contributed by atoms with Crippen molar-refractivity contribution in [2.75, 3.05) is 0 Å². The molecule has 2 aromatic rings. The molecular formula is C16H11ClN2O2. The molecule has 4 rings (SSSR count). The Kier molecular flexibility index (Phi) is 3.11. The summed E-state index contributed by atoms with van der Waals surface area (Å²) in [5, 5.41) is 13.1. The van der Waals surface area contributed by atoms with E-state index in [1.54, 1.807) is 6.21 Å². The second kappa shape index (κ2) is 4.82. The molecule has 0 amide bonds. The summed E-state index contributed by atoms with van der Waals surface area (Å²) in [6.45, 7) is 0. The third-order valence-electron chi connectivity index (χ3n) is 3.69. The van der Waals surface area contributed by atoms with Gasteiger partial charge in [0.2, 0.25) is 0 Å². The fourth-order valence-corrected chi connectivity index (χ4v) is 2.67. The molecule has 2 aliphatic heterocycles. The summed E-state index contributed by atoms with van der Waals surface area (Å²) in [7, 11) is 0. The topological polar surface area (TPSA) is 62.0 Å². The van der Waals surface area contributed by atoms with Crippen molar-refractivity contribution in [3.8, 4) is 0 Å². The van der Waals surface area contributed by atoms with Gasteiger partial charge in [0, 0.05) is 29.4 Å². The summed E-state index contributed by atoms with van der Waals surface area (Å²) in [6.07, 6.45) is 5.63. The molecule has 2 aliphatic rings. The van der Waals surface area contributed by atoms with E-state index in [0.29, 0.717) is 12.0 Å². The third-order valence-corrected chi connectivity index (χ3v) is 3.69. The van der Waals surface area contributed by atoms with Gasteiger partial charge in [-0.15, -0.1) is 12.4 Å². The molecule has 5 heteroatoms. The number of aliphatic carboxylic acids is 1. The number of halogens is 1. The SMILES string of the molecule is Cl.O=C(O)C1=CN=c2c(ccc3cc4c(cc23)=CC=N4)C1. The van der Waals surface area contributed by atoms with E-state index in [1.807, 2.05) is 24.3 Å². The van der Waals surface area contributed by atoms with Gasteiger partial charge in [-0.25, -0.2) is 4.79 Å². The van der Waals surface area contributed by atoms with Crippen LogP contribution in [0.2, 0.25) is 0 Å². The number of fused-ring (bicyclic) bond motifs is 4. The lowest BCUT2D eigenvalue weighted by molar-refractivity contribution is -0.132. The first kappa shape index (κ1) is 13.5. The Morgan fingerprint density at radius 2 is 2.10 bits per heavy atom. The molecule has 0 fully saturated rings. The Hall–Kier alpha value is -2.46. The predicted molar refractivity (Wildman–Crippen MR) is 84.0 cm³/mol. The molecule has 0 atom stereocenters. The molecular weight excluding hydrogens is 288 g/mol. The summed E-state index contributed by atoms with van der Waals surface area (Å²) in [4.78, 5) is 19.7. The van der Waals surface area contributed by atoms with Gasteiger partial charge in [-0.05, 0) is 29.2 Å². The van der Waals surface area contributed by atoms with Crippen molar-refractivity contribution in [2.24, 2.45) is 9.98 Å². The number of carboxylic acid groups (broad SMARTS) is 1. The lowest BCUT2D eigenvalue weighted by atomic mass is 9.98. The summed E-state index contributed by atoms with van der Waals surface area (Å²) >= 11 is 0. The zero-order valence-corrected chi connectivity index (χ0v) is 11.7. The fraction of sp³-hybridized carbons (Fsp3) is 0.0625. The van der Waals surface area contributed by atoms with E-state index in [9.17, 15) is 4.79 Å². The van der Waals surface area contributed by atoms with Gasteiger partial charge in [0.05, 0.1) is 16.6 Å². The second-order valence-corrected chi connectivity index (χ2v) is 4.92. The Balaban J connectivity index is 0.00000132. The highest BCUT2D eigenvalue weighted by molar-refractivity contribution is 5.99. The standard InChI is InChI=1S/C16H10N2O2.ClH/c19-16(20)12-5-11-2-1-9-7-14-10(3-4-17-14)6-13(9)15(11)18-8-12;/h1-4,6-8H,5H2,(H,19,20);1H. The van der Waals surface area contributed by atoms with E-state index in [2.05, 4.69) is 16.1 Å². The van der Waals surface area contributed by atoms with Gasteiger partial charge in [-0.1, -0.05) is 12.1 Å². The van der Waals surface area contributed by atoms with Crippen molar-refractivity contribution in [1.29, 1.82) is 0 Å². The minimum Gasteiger partial charge on any atom is -0.478 e. The van der Waals surface area contributed by atoms with E-state index in [-0.39, 0.29) is 12.4 Å². The molecule has 0 aromatic heterocycles. The van der Waals surface area contributed by atoms with Crippen LogP contribution in [0.5, 0.6) is 0 Å². The van der Waals surface area contributed by atoms with Crippen LogP contribution in [-0.4, -0.2) is 17.3 Å². The van der Waals surface area contributed by atoms with Gasteiger partial charge < -0.3 is 5.11 Å². The highest BCUT2D eigenvalue weighted by Crippen LogP contribution is 2.19. The van der Waals surface area contributed by atoms with Crippen LogP contribution in [0.15, 0.2) is 46.0 Å². The number of hydrogen-bond donors (Lipinski definition) is 1. The Morgan fingerprint density at radius 1 is 1.24 bits per heavy atom. The van der Waals surface area contributed by atoms with E-state index in [1.165, 1.54) is 6.20 Å². The molecule has 0 bridgehead atoms. The van der Waals surface area contributed by atoms with Gasteiger partial charge >= 0.3 is 5.97 Å². The summed E-state index contributed by atoms with van der Waals surface area (Å²) in [6, 6.07) is 8.06. The van der Waals surface area contributed by atoms with Crippen LogP contribution in [0.25, 0.3) is 16.8 Å². The maximum Gasteiger partial charge on any atom is 0.333 e. The number of hydrogen-bond acceptors (Lipinski definition) is 3. The molecule has 4 nitrogen and oxygen atoms in total. The number of nitrogens with zero attached hydrogens (tertiary/aromatic N) is 2. The van der Waals surface area contributed by atoms with Crippen molar-refractivity contribution in [3.63, 3.8) is 0 Å². The molecule has 0 aliphatic carbocycles. The first-order valence-corrected chi connectivity index (χ1v) is 6.32. The van der Waals surface area contributed by atoms with Crippen molar-refractivity contribution in [1.82, 2.24) is 0 Å². The number of benzene rings is 2. The molecule has 0 saturated carbocycles. The average Bonchev–Trinajstić information content (AvgIpc) is 2.91. The predicted octanol–water partition coefficient (Wildman–Crippen LogP) is 1.90. The molecule has 2 aromatic carbocycles. The van der Waals surface area contributed by atoms with Crippen LogP contribution in [0, 0.1) is 0 Å². The van der Waals surface area contributed by atoms with Crippen LogP contribution in [-0.2, 0) is 11.2 Å². The van der Waals surface area contributed by atoms with Crippen molar-refractivity contribution in [2.45, 2.75) is 6.42 Å². The fourth-order valence-electron chi connectivity index (χ4n) is 2.67. The molecule has 0 spiro atoms. The van der Waals surface area contributed by atoms with Gasteiger partial charge in [-0.3, -0.25) is 9.98 Å². The minimum absolute atomic E-state index is 0. The van der Waals surface area contributed by atoms with Crippen LogP contribution >= 0.6 is 12.4 Å². The summed E-state index contributed by atoms with van der Waals surface area (Å²) < 4.78 is 0. The van der Waals surface area contributed by atoms with Crippen LogP contribution in [0.4, 0.5) is 5.69 Å². The van der Waals surface area contributed by atoms with Crippen molar-refractivity contribution < 1.29 is 9.90 Å². The van der Waals surface area contributed by atoms with Gasteiger partial charge in [0.1, 0.15) is 0 Å². The summed E-state index contributed by atoms with van der Waals surface area (Å²) in [5.41, 5.74) is 2.25.